The highest BCUT2D eigenvalue weighted by Crippen LogP contribution is 2.52. The fourth-order valence-electron chi connectivity index (χ4n) is 2.35. The Morgan fingerprint density at radius 2 is 1.94 bits per heavy atom. The predicted octanol–water partition coefficient (Wildman–Crippen LogP) is 0.768. The molecule has 90 valence electrons. The average Bonchev–Trinajstić information content (AvgIpc) is 2.78. The van der Waals surface area contributed by atoms with Crippen LogP contribution in [0.25, 0.3) is 0 Å². The van der Waals surface area contributed by atoms with E-state index in [1.54, 1.807) is 18.7 Å². The molecule has 2 aliphatic rings. The van der Waals surface area contributed by atoms with Gasteiger partial charge in [0.2, 0.25) is 11.8 Å². The van der Waals surface area contributed by atoms with Gasteiger partial charge in [-0.1, -0.05) is 13.8 Å². The summed E-state index contributed by atoms with van der Waals surface area (Å²) in [6.45, 7) is 8.69. The highest BCUT2D eigenvalue weighted by molar-refractivity contribution is 5.96. The summed E-state index contributed by atoms with van der Waals surface area (Å²) in [6.07, 6.45) is 1.15. The molecule has 3 atom stereocenters. The molecular weight excluding hydrogens is 204 g/mol. The van der Waals surface area contributed by atoms with Gasteiger partial charge in [0.25, 0.3) is 0 Å². The molecule has 3 unspecified atom stereocenters. The van der Waals surface area contributed by atoms with Crippen molar-refractivity contribution in [2.75, 3.05) is 6.54 Å². The third-order valence-corrected chi connectivity index (χ3v) is 3.99. The normalized spacial score (nSPS) is 37.2. The van der Waals surface area contributed by atoms with Crippen molar-refractivity contribution < 1.29 is 9.59 Å². The van der Waals surface area contributed by atoms with E-state index in [0.717, 1.165) is 13.0 Å². The molecule has 1 aliphatic carbocycles. The number of nitrogens with zero attached hydrogens (tertiary/aromatic N) is 1. The molecule has 0 aromatic rings. The van der Waals surface area contributed by atoms with Crippen molar-refractivity contribution >= 4 is 11.8 Å². The monoisotopic (exact) mass is 224 g/mol. The van der Waals surface area contributed by atoms with Crippen LogP contribution in [0.5, 0.6) is 0 Å². The zero-order valence-electron chi connectivity index (χ0n) is 10.4. The molecule has 4 heteroatoms. The first kappa shape index (κ1) is 11.4. The molecule has 1 heterocycles. The Hall–Kier alpha value is -1.06. The molecule has 2 rings (SSSR count). The fourth-order valence-corrected chi connectivity index (χ4v) is 2.35. The molecule has 1 aliphatic heterocycles. The maximum absolute atomic E-state index is 12.0. The summed E-state index contributed by atoms with van der Waals surface area (Å²) in [4.78, 5) is 25.3. The molecular formula is C12H20N2O2. The van der Waals surface area contributed by atoms with Gasteiger partial charge in [-0.25, -0.2) is 0 Å². The lowest BCUT2D eigenvalue weighted by atomic mass is 10.1. The molecule has 16 heavy (non-hydrogen) atoms. The smallest absolute Gasteiger partial charge is 0.245 e. The third kappa shape index (κ3) is 1.81. The van der Waals surface area contributed by atoms with Gasteiger partial charge in [0.05, 0.1) is 0 Å². The minimum atomic E-state index is -0.370. The molecule has 0 aromatic heterocycles. The van der Waals surface area contributed by atoms with Gasteiger partial charge in [-0.05, 0) is 31.6 Å². The first-order valence-electron chi connectivity index (χ1n) is 5.94. The van der Waals surface area contributed by atoms with Crippen LogP contribution in [0, 0.1) is 11.3 Å². The molecule has 0 bridgehead atoms. The number of carbonyl (C=O) groups excluding carboxylic acids is 2. The average molecular weight is 224 g/mol. The highest BCUT2D eigenvalue weighted by atomic mass is 16.2. The molecule has 2 fully saturated rings. The van der Waals surface area contributed by atoms with E-state index in [4.69, 9.17) is 0 Å². The topological polar surface area (TPSA) is 49.4 Å². The minimum Gasteiger partial charge on any atom is -0.343 e. The molecule has 1 saturated carbocycles. The lowest BCUT2D eigenvalue weighted by molar-refractivity contribution is -0.148. The van der Waals surface area contributed by atoms with Gasteiger partial charge in [-0.2, -0.15) is 0 Å². The van der Waals surface area contributed by atoms with Gasteiger partial charge in [-0.15, -0.1) is 0 Å². The van der Waals surface area contributed by atoms with Crippen LogP contribution in [0.1, 0.15) is 34.1 Å². The molecule has 0 spiro atoms. The summed E-state index contributed by atoms with van der Waals surface area (Å²) in [5.74, 6) is 0.567. The van der Waals surface area contributed by atoms with Crippen LogP contribution in [0.15, 0.2) is 0 Å². The second-order valence-corrected chi connectivity index (χ2v) is 5.79. The van der Waals surface area contributed by atoms with E-state index >= 15 is 0 Å². The number of hydrogen-bond donors (Lipinski definition) is 1. The van der Waals surface area contributed by atoms with Gasteiger partial charge < -0.3 is 10.2 Å². The Labute approximate surface area is 96.4 Å². The van der Waals surface area contributed by atoms with Crippen molar-refractivity contribution in [1.29, 1.82) is 0 Å². The maximum atomic E-state index is 12.0. The maximum Gasteiger partial charge on any atom is 0.245 e. The van der Waals surface area contributed by atoms with E-state index in [9.17, 15) is 9.59 Å². The lowest BCUT2D eigenvalue weighted by Crippen LogP contribution is -2.61. The van der Waals surface area contributed by atoms with Gasteiger partial charge in [-0.3, -0.25) is 9.59 Å². The summed E-state index contributed by atoms with van der Waals surface area (Å²) >= 11 is 0. The van der Waals surface area contributed by atoms with Crippen LogP contribution in [0.4, 0.5) is 0 Å². The summed E-state index contributed by atoms with van der Waals surface area (Å²) in [6, 6.07) is -0.689. The van der Waals surface area contributed by atoms with Gasteiger partial charge in [0.15, 0.2) is 0 Å². The molecule has 1 saturated heterocycles. The zero-order valence-corrected chi connectivity index (χ0v) is 10.4. The van der Waals surface area contributed by atoms with Crippen LogP contribution < -0.4 is 5.32 Å². The molecule has 0 aromatic carbocycles. The van der Waals surface area contributed by atoms with Gasteiger partial charge in [0, 0.05) is 6.54 Å². The van der Waals surface area contributed by atoms with Gasteiger partial charge >= 0.3 is 0 Å². The first-order chi connectivity index (χ1) is 7.33. The summed E-state index contributed by atoms with van der Waals surface area (Å²) < 4.78 is 0. The molecule has 1 N–H and O–H groups in total. The van der Waals surface area contributed by atoms with Crippen LogP contribution in [-0.4, -0.2) is 35.3 Å². The van der Waals surface area contributed by atoms with Crippen LogP contribution in [-0.2, 0) is 9.59 Å². The van der Waals surface area contributed by atoms with Crippen molar-refractivity contribution in [2.24, 2.45) is 11.3 Å². The van der Waals surface area contributed by atoms with Crippen molar-refractivity contribution in [1.82, 2.24) is 10.2 Å². The Kier molecular flexibility index (Phi) is 2.48. The molecule has 0 radical (unpaired) electrons. The van der Waals surface area contributed by atoms with Crippen LogP contribution in [0.2, 0.25) is 0 Å². The first-order valence-corrected chi connectivity index (χ1v) is 5.94. The standard InChI is InChI=1S/C12H20N2O2/c1-7-11(16)14(8(2)10(15)13-7)6-9-5-12(9,3)4/h7-9H,5-6H2,1-4H3,(H,13,15). The summed E-state index contributed by atoms with van der Waals surface area (Å²) in [5, 5.41) is 2.69. The summed E-state index contributed by atoms with van der Waals surface area (Å²) in [7, 11) is 0. The SMILES string of the molecule is CC1NC(=O)C(C)N(CC2CC2(C)C)C1=O. The Morgan fingerprint density at radius 3 is 2.44 bits per heavy atom. The second-order valence-electron chi connectivity index (χ2n) is 5.79. The number of hydrogen-bond acceptors (Lipinski definition) is 2. The van der Waals surface area contributed by atoms with Crippen LogP contribution >= 0.6 is 0 Å². The Bertz CT molecular complexity index is 338. The highest BCUT2D eigenvalue weighted by Gasteiger charge is 2.48. The number of amides is 2. The van der Waals surface area contributed by atoms with E-state index in [-0.39, 0.29) is 23.9 Å². The lowest BCUT2D eigenvalue weighted by Gasteiger charge is -2.36. The largest absolute Gasteiger partial charge is 0.343 e. The number of nitrogens with one attached hydrogen (secondary N) is 1. The quantitative estimate of drug-likeness (QED) is 0.753. The number of carbonyl (C=O) groups is 2. The van der Waals surface area contributed by atoms with E-state index in [0.29, 0.717) is 11.3 Å². The Balaban J connectivity index is 2.06. The third-order valence-electron chi connectivity index (χ3n) is 3.99. The Morgan fingerprint density at radius 1 is 1.38 bits per heavy atom. The van der Waals surface area contributed by atoms with Crippen molar-refractivity contribution in [3.63, 3.8) is 0 Å². The molecule has 4 nitrogen and oxygen atoms in total. The van der Waals surface area contributed by atoms with Crippen molar-refractivity contribution in [3.8, 4) is 0 Å². The van der Waals surface area contributed by atoms with Crippen molar-refractivity contribution in [3.05, 3.63) is 0 Å². The number of piperazine rings is 1. The fraction of sp³-hybridized carbons (Fsp3) is 0.833. The zero-order chi connectivity index (χ0) is 12.1. The predicted molar refractivity (Wildman–Crippen MR) is 60.7 cm³/mol. The van der Waals surface area contributed by atoms with E-state index < -0.39 is 0 Å². The van der Waals surface area contributed by atoms with E-state index in [2.05, 4.69) is 19.2 Å². The van der Waals surface area contributed by atoms with E-state index in [1.165, 1.54) is 0 Å². The van der Waals surface area contributed by atoms with E-state index in [1.807, 2.05) is 0 Å². The van der Waals surface area contributed by atoms with Crippen LogP contribution in [0.3, 0.4) is 0 Å². The molecule has 2 amide bonds. The second kappa shape index (κ2) is 3.47. The summed E-state index contributed by atoms with van der Waals surface area (Å²) in [5.41, 5.74) is 0.344. The van der Waals surface area contributed by atoms with Crippen molar-refractivity contribution in [2.45, 2.75) is 46.2 Å². The number of rotatable bonds is 2. The minimum absolute atomic E-state index is 0.0365. The van der Waals surface area contributed by atoms with Gasteiger partial charge in [0.1, 0.15) is 12.1 Å².